The highest BCUT2D eigenvalue weighted by Crippen LogP contribution is 2.23. The molecule has 0 saturated carbocycles. The summed E-state index contributed by atoms with van der Waals surface area (Å²) in [5.41, 5.74) is -0.367. The van der Waals surface area contributed by atoms with E-state index in [4.69, 9.17) is 0 Å². The quantitative estimate of drug-likeness (QED) is 0.786. The lowest BCUT2D eigenvalue weighted by atomic mass is 9.90. The number of nitrogens with zero attached hydrogens (tertiary/aromatic N) is 1. The Kier molecular flexibility index (Phi) is 7.52. The summed E-state index contributed by atoms with van der Waals surface area (Å²) in [6.07, 6.45) is 2.77. The number of hydrogen-bond donors (Lipinski definition) is 2. The van der Waals surface area contributed by atoms with Crippen LogP contribution in [0.15, 0.2) is 0 Å². The Labute approximate surface area is 140 Å². The molecule has 1 saturated heterocycles. The van der Waals surface area contributed by atoms with Crippen LogP contribution >= 0.6 is 0 Å². The fraction of sp³-hybridized carbons (Fsp3) is 0.889. The first kappa shape index (κ1) is 19.9. The number of nitrogens with one attached hydrogen (secondary N) is 1. The molecule has 2 amide bonds. The Morgan fingerprint density at radius 1 is 1.17 bits per heavy atom. The van der Waals surface area contributed by atoms with E-state index in [1.165, 1.54) is 0 Å². The molecule has 0 aromatic carbocycles. The maximum atomic E-state index is 12.2. The van der Waals surface area contributed by atoms with E-state index >= 15 is 0 Å². The normalized spacial score (nSPS) is 18.1. The molecule has 1 atom stereocenters. The molecule has 0 radical (unpaired) electrons. The second-order valence-electron chi connectivity index (χ2n) is 7.71. The van der Waals surface area contributed by atoms with Crippen LogP contribution in [-0.4, -0.2) is 47.6 Å². The van der Waals surface area contributed by atoms with Crippen molar-refractivity contribution in [2.75, 3.05) is 19.6 Å². The Hall–Kier alpha value is -1.10. The molecule has 0 aromatic rings. The highest BCUT2D eigenvalue weighted by Gasteiger charge is 2.32. The Bertz CT molecular complexity index is 392. The van der Waals surface area contributed by atoms with Crippen LogP contribution in [0.25, 0.3) is 0 Å². The van der Waals surface area contributed by atoms with E-state index in [-0.39, 0.29) is 29.1 Å². The lowest BCUT2D eigenvalue weighted by molar-refractivity contribution is -0.142. The molecule has 1 heterocycles. The molecule has 1 aliphatic heterocycles. The first-order valence-corrected chi connectivity index (χ1v) is 8.95. The van der Waals surface area contributed by atoms with Crippen LogP contribution in [0.5, 0.6) is 0 Å². The molecule has 1 rings (SSSR count). The maximum Gasteiger partial charge on any atom is 0.227 e. The number of carbonyl (C=O) groups is 2. The van der Waals surface area contributed by atoms with Crippen LogP contribution in [0.4, 0.5) is 0 Å². The molecule has 1 fully saturated rings. The largest absolute Gasteiger partial charge is 0.391 e. The van der Waals surface area contributed by atoms with E-state index in [1.54, 1.807) is 0 Å². The third-order valence-electron chi connectivity index (χ3n) is 4.87. The molecule has 2 N–H and O–H groups in total. The van der Waals surface area contributed by atoms with Crippen molar-refractivity contribution in [2.24, 2.45) is 17.3 Å². The molecule has 5 heteroatoms. The van der Waals surface area contributed by atoms with Gasteiger partial charge in [-0.2, -0.15) is 0 Å². The lowest BCUT2D eigenvalue weighted by Gasteiger charge is -2.35. The Balaban J connectivity index is 2.39. The van der Waals surface area contributed by atoms with Crippen LogP contribution in [0.1, 0.15) is 60.3 Å². The predicted molar refractivity (Wildman–Crippen MR) is 91.8 cm³/mol. The second-order valence-corrected chi connectivity index (χ2v) is 7.71. The van der Waals surface area contributed by atoms with E-state index in [9.17, 15) is 14.7 Å². The van der Waals surface area contributed by atoms with E-state index in [0.29, 0.717) is 32.5 Å². The van der Waals surface area contributed by atoms with Gasteiger partial charge in [0.25, 0.3) is 0 Å². The number of likely N-dealkylation sites (tertiary alicyclic amines) is 1. The zero-order chi connectivity index (χ0) is 17.6. The monoisotopic (exact) mass is 326 g/mol. The summed E-state index contributed by atoms with van der Waals surface area (Å²) in [5, 5.41) is 13.0. The average Bonchev–Trinajstić information content (AvgIpc) is 2.52. The van der Waals surface area contributed by atoms with Gasteiger partial charge in [0, 0.05) is 31.0 Å². The van der Waals surface area contributed by atoms with Crippen molar-refractivity contribution in [3.05, 3.63) is 0 Å². The van der Waals surface area contributed by atoms with Crippen molar-refractivity contribution in [3.63, 3.8) is 0 Å². The minimum absolute atomic E-state index is 0.0119. The minimum atomic E-state index is -0.475. The highest BCUT2D eigenvalue weighted by atomic mass is 16.3. The molecule has 5 nitrogen and oxygen atoms in total. The van der Waals surface area contributed by atoms with E-state index < -0.39 is 6.10 Å². The number of rotatable bonds is 6. The second kappa shape index (κ2) is 8.67. The summed E-state index contributed by atoms with van der Waals surface area (Å²) >= 11 is 0. The molecule has 0 spiro atoms. The van der Waals surface area contributed by atoms with Crippen LogP contribution in [0.3, 0.4) is 0 Å². The van der Waals surface area contributed by atoms with E-state index in [0.717, 1.165) is 12.8 Å². The first-order valence-electron chi connectivity index (χ1n) is 8.95. The lowest BCUT2D eigenvalue weighted by Crippen LogP contribution is -2.47. The molecule has 23 heavy (non-hydrogen) atoms. The summed E-state index contributed by atoms with van der Waals surface area (Å²) in [5.74, 6) is 0.354. The van der Waals surface area contributed by atoms with Gasteiger partial charge in [0.2, 0.25) is 11.8 Å². The van der Waals surface area contributed by atoms with Gasteiger partial charge in [-0.25, -0.2) is 0 Å². The summed E-state index contributed by atoms with van der Waals surface area (Å²) in [6, 6.07) is 0. The van der Waals surface area contributed by atoms with E-state index in [2.05, 4.69) is 19.2 Å². The fourth-order valence-electron chi connectivity index (χ4n) is 3.17. The van der Waals surface area contributed by atoms with Crippen LogP contribution < -0.4 is 5.32 Å². The first-order chi connectivity index (χ1) is 10.7. The average molecular weight is 326 g/mol. The summed E-state index contributed by atoms with van der Waals surface area (Å²) in [7, 11) is 0. The van der Waals surface area contributed by atoms with Crippen molar-refractivity contribution < 1.29 is 14.7 Å². The smallest absolute Gasteiger partial charge is 0.227 e. The van der Waals surface area contributed by atoms with Gasteiger partial charge < -0.3 is 15.3 Å². The number of carbonyl (C=O) groups excluding carboxylic acids is 2. The molecule has 0 aromatic heterocycles. The zero-order valence-corrected chi connectivity index (χ0v) is 15.4. The fourth-order valence-corrected chi connectivity index (χ4v) is 3.17. The van der Waals surface area contributed by atoms with Gasteiger partial charge in [0.15, 0.2) is 0 Å². The van der Waals surface area contributed by atoms with Gasteiger partial charge >= 0.3 is 0 Å². The van der Waals surface area contributed by atoms with Gasteiger partial charge in [-0.05, 0) is 18.8 Å². The topological polar surface area (TPSA) is 69.6 Å². The van der Waals surface area contributed by atoms with Gasteiger partial charge in [0.05, 0.1) is 6.10 Å². The van der Waals surface area contributed by atoms with Gasteiger partial charge in [-0.15, -0.1) is 0 Å². The van der Waals surface area contributed by atoms with Crippen molar-refractivity contribution in [3.8, 4) is 0 Å². The summed E-state index contributed by atoms with van der Waals surface area (Å²) < 4.78 is 0. The zero-order valence-electron chi connectivity index (χ0n) is 15.4. The number of piperidine rings is 1. The minimum Gasteiger partial charge on any atom is -0.391 e. The molecule has 0 bridgehead atoms. The third kappa shape index (κ3) is 5.79. The standard InChI is InChI=1S/C18H34N2O3/c1-6-13(7-2)15(21)12-19-16(22)14-8-10-20(11-9-14)17(23)18(3,4)5/h13-15,21H,6-12H2,1-5H3,(H,19,22). The molecule has 134 valence electrons. The Morgan fingerprint density at radius 2 is 1.70 bits per heavy atom. The number of amides is 2. The molecular weight excluding hydrogens is 292 g/mol. The van der Waals surface area contributed by atoms with Gasteiger partial charge in [-0.3, -0.25) is 9.59 Å². The third-order valence-corrected chi connectivity index (χ3v) is 4.87. The number of hydrogen-bond acceptors (Lipinski definition) is 3. The summed E-state index contributed by atoms with van der Waals surface area (Å²) in [6.45, 7) is 11.5. The highest BCUT2D eigenvalue weighted by molar-refractivity contribution is 5.82. The van der Waals surface area contributed by atoms with Crippen molar-refractivity contribution in [1.29, 1.82) is 0 Å². The molecule has 1 unspecified atom stereocenters. The van der Waals surface area contributed by atoms with Crippen LogP contribution in [0.2, 0.25) is 0 Å². The predicted octanol–water partition coefficient (Wildman–Crippen LogP) is 2.18. The van der Waals surface area contributed by atoms with Crippen LogP contribution in [0, 0.1) is 17.3 Å². The molecule has 0 aliphatic carbocycles. The van der Waals surface area contributed by atoms with Crippen molar-refractivity contribution in [2.45, 2.75) is 66.4 Å². The number of aliphatic hydroxyl groups excluding tert-OH is 1. The van der Waals surface area contributed by atoms with Crippen molar-refractivity contribution in [1.82, 2.24) is 10.2 Å². The van der Waals surface area contributed by atoms with Crippen molar-refractivity contribution >= 4 is 11.8 Å². The maximum absolute atomic E-state index is 12.2. The van der Waals surface area contributed by atoms with Crippen LogP contribution in [-0.2, 0) is 9.59 Å². The summed E-state index contributed by atoms with van der Waals surface area (Å²) in [4.78, 5) is 26.4. The number of aliphatic hydroxyl groups is 1. The van der Waals surface area contributed by atoms with E-state index in [1.807, 2.05) is 25.7 Å². The molecular formula is C18H34N2O3. The Morgan fingerprint density at radius 3 is 2.13 bits per heavy atom. The van der Waals surface area contributed by atoms with Gasteiger partial charge in [-0.1, -0.05) is 47.5 Å². The SMILES string of the molecule is CCC(CC)C(O)CNC(=O)C1CCN(C(=O)C(C)(C)C)CC1. The van der Waals surface area contributed by atoms with Gasteiger partial charge in [0.1, 0.15) is 0 Å². The molecule has 1 aliphatic rings.